The Morgan fingerprint density at radius 2 is 1.60 bits per heavy atom. The van der Waals surface area contributed by atoms with Crippen LogP contribution in [0.2, 0.25) is 0 Å². The Bertz CT molecular complexity index is 1880. The molecule has 2 bridgehead atoms. The summed E-state index contributed by atoms with van der Waals surface area (Å²) in [5.41, 5.74) is 1.81. The van der Waals surface area contributed by atoms with Crippen molar-refractivity contribution in [3.63, 3.8) is 0 Å². The van der Waals surface area contributed by atoms with E-state index in [4.69, 9.17) is 4.74 Å². The van der Waals surface area contributed by atoms with Crippen LogP contribution >= 0.6 is 23.1 Å². The molecule has 2 amide bonds. The van der Waals surface area contributed by atoms with Crippen LogP contribution in [0.15, 0.2) is 82.6 Å². The second kappa shape index (κ2) is 10.3. The van der Waals surface area contributed by atoms with E-state index in [9.17, 15) is 27.6 Å². The summed E-state index contributed by atoms with van der Waals surface area (Å²) < 4.78 is 47.8. The molecule has 4 aliphatic rings. The fraction of sp³-hybridized carbons (Fsp3) is 0.324. The summed E-state index contributed by atoms with van der Waals surface area (Å²) >= 11 is 2.71. The standard InChI is InChI=1S/C34H27F3N2O4S2/c1-16-6-8-17(9-7-16)15-43-19-12-10-18(11-13-19)24-25-20-14-21(28(25)44-30-29(24)45-33(42)38-30)27-26(20)31(40)39(32(27)41)23-5-3-2-4-22(23)34(35,36)37/h2-13,20-21,24-28H,14-15H2,1H3,(H,38,42)/t20?,21?,24-,25?,26?,27?,28?/m1/s1. The lowest BCUT2D eigenvalue weighted by atomic mass is 9.68. The van der Waals surface area contributed by atoms with E-state index >= 15 is 0 Å². The maximum Gasteiger partial charge on any atom is 0.418 e. The number of ether oxygens (including phenoxy) is 1. The van der Waals surface area contributed by atoms with Crippen LogP contribution in [0.25, 0.3) is 0 Å². The summed E-state index contributed by atoms with van der Waals surface area (Å²) in [5, 5.41) is 0.710. The zero-order chi connectivity index (χ0) is 31.2. The molecular weight excluding hydrogens is 622 g/mol. The summed E-state index contributed by atoms with van der Waals surface area (Å²) in [6.45, 7) is 2.45. The summed E-state index contributed by atoms with van der Waals surface area (Å²) in [6.07, 6.45) is -4.06. The minimum atomic E-state index is -4.71. The van der Waals surface area contributed by atoms with Crippen molar-refractivity contribution in [2.45, 2.75) is 42.3 Å². The van der Waals surface area contributed by atoms with Gasteiger partial charge in [-0.1, -0.05) is 65.4 Å². The summed E-state index contributed by atoms with van der Waals surface area (Å²) in [5.74, 6) is -2.42. The first-order chi connectivity index (χ1) is 21.6. The van der Waals surface area contributed by atoms with Gasteiger partial charge in [-0.3, -0.25) is 14.4 Å². The number of nitrogens with one attached hydrogen (secondary N) is 1. The number of aryl methyl sites for hydroxylation is 1. The molecular formula is C34H27F3N2O4S2. The molecule has 2 aliphatic heterocycles. The molecule has 1 N–H and O–H groups in total. The van der Waals surface area contributed by atoms with Crippen LogP contribution < -0.4 is 14.5 Å². The molecule has 2 saturated carbocycles. The number of hydrogen-bond donors (Lipinski definition) is 1. The normalized spacial score (nSPS) is 28.3. The monoisotopic (exact) mass is 648 g/mol. The number of fused-ring (bicyclic) bond motifs is 9. The molecule has 45 heavy (non-hydrogen) atoms. The van der Waals surface area contributed by atoms with Crippen LogP contribution in [-0.4, -0.2) is 22.0 Å². The van der Waals surface area contributed by atoms with Gasteiger partial charge < -0.3 is 9.72 Å². The van der Waals surface area contributed by atoms with E-state index in [0.29, 0.717) is 18.8 Å². The van der Waals surface area contributed by atoms with Gasteiger partial charge in [-0.05, 0) is 66.5 Å². The third-order valence-electron chi connectivity index (χ3n) is 9.94. The Labute approximate surface area is 264 Å². The number of hydrogen-bond acceptors (Lipinski definition) is 6. The average Bonchev–Trinajstić information content (AvgIpc) is 3.75. The predicted octanol–water partition coefficient (Wildman–Crippen LogP) is 7.02. The first-order valence-electron chi connectivity index (χ1n) is 14.8. The van der Waals surface area contributed by atoms with Crippen molar-refractivity contribution >= 4 is 40.6 Å². The second-order valence-corrected chi connectivity index (χ2v) is 14.5. The number of H-pyrrole nitrogens is 1. The van der Waals surface area contributed by atoms with E-state index in [2.05, 4.69) is 4.98 Å². The molecule has 230 valence electrons. The van der Waals surface area contributed by atoms with Crippen LogP contribution in [0, 0.1) is 36.5 Å². The molecule has 0 radical (unpaired) electrons. The highest BCUT2D eigenvalue weighted by molar-refractivity contribution is 8.00. The number of aromatic nitrogens is 1. The van der Waals surface area contributed by atoms with E-state index in [-0.39, 0.29) is 33.8 Å². The number of amides is 2. The molecule has 8 rings (SSSR count). The lowest BCUT2D eigenvalue weighted by Gasteiger charge is -2.43. The number of halogens is 3. The Morgan fingerprint density at radius 3 is 2.31 bits per heavy atom. The first kappa shape index (κ1) is 28.6. The first-order valence-corrected chi connectivity index (χ1v) is 16.5. The van der Waals surface area contributed by atoms with Crippen molar-refractivity contribution < 1.29 is 27.5 Å². The molecule has 1 saturated heterocycles. The summed E-state index contributed by atoms with van der Waals surface area (Å²) in [4.78, 5) is 44.8. The quantitative estimate of drug-likeness (QED) is 0.236. The predicted molar refractivity (Wildman–Crippen MR) is 164 cm³/mol. The summed E-state index contributed by atoms with van der Waals surface area (Å²) in [6, 6.07) is 20.7. The van der Waals surface area contributed by atoms with E-state index in [1.165, 1.54) is 23.8 Å². The van der Waals surface area contributed by atoms with E-state index in [0.717, 1.165) is 43.3 Å². The third-order valence-corrected chi connectivity index (χ3v) is 12.5. The molecule has 7 atom stereocenters. The molecule has 1 aromatic heterocycles. The number of thiazole rings is 1. The largest absolute Gasteiger partial charge is 0.489 e. The van der Waals surface area contributed by atoms with Crippen LogP contribution in [-0.2, 0) is 22.4 Å². The molecule has 2 aliphatic carbocycles. The number of imide groups is 1. The molecule has 6 unspecified atom stereocenters. The van der Waals surface area contributed by atoms with Crippen LogP contribution in [0.3, 0.4) is 0 Å². The van der Waals surface area contributed by atoms with Crippen LogP contribution in [0.1, 0.15) is 39.5 Å². The van der Waals surface area contributed by atoms with Crippen molar-refractivity contribution in [3.8, 4) is 5.75 Å². The zero-order valence-corrected chi connectivity index (χ0v) is 25.5. The smallest absolute Gasteiger partial charge is 0.418 e. The van der Waals surface area contributed by atoms with Crippen molar-refractivity contribution in [1.29, 1.82) is 0 Å². The number of benzene rings is 3. The minimum absolute atomic E-state index is 0.0610. The number of anilines is 1. The van der Waals surface area contributed by atoms with Gasteiger partial charge in [0.05, 0.1) is 28.1 Å². The number of aromatic amines is 1. The number of rotatable bonds is 5. The van der Waals surface area contributed by atoms with Crippen molar-refractivity contribution in [1.82, 2.24) is 4.98 Å². The molecule has 3 heterocycles. The maximum absolute atomic E-state index is 13.9. The van der Waals surface area contributed by atoms with Gasteiger partial charge in [-0.25, -0.2) is 4.90 Å². The lowest BCUT2D eigenvalue weighted by molar-refractivity contribution is -0.137. The van der Waals surface area contributed by atoms with Crippen molar-refractivity contribution in [3.05, 3.63) is 110 Å². The van der Waals surface area contributed by atoms with Gasteiger partial charge in [0.25, 0.3) is 0 Å². The lowest BCUT2D eigenvalue weighted by Crippen LogP contribution is -2.42. The second-order valence-electron chi connectivity index (χ2n) is 12.3. The topological polar surface area (TPSA) is 79.5 Å². The highest BCUT2D eigenvalue weighted by Crippen LogP contribution is 2.68. The van der Waals surface area contributed by atoms with Gasteiger partial charge in [-0.15, -0.1) is 11.8 Å². The number of alkyl halides is 3. The fourth-order valence-corrected chi connectivity index (χ4v) is 11.0. The average molecular weight is 649 g/mol. The van der Waals surface area contributed by atoms with Gasteiger partial charge >= 0.3 is 11.0 Å². The van der Waals surface area contributed by atoms with Gasteiger partial charge in [0.2, 0.25) is 11.8 Å². The molecule has 3 fully saturated rings. The fourth-order valence-electron chi connectivity index (χ4n) is 8.16. The molecule has 6 nitrogen and oxygen atoms in total. The van der Waals surface area contributed by atoms with E-state index in [1.54, 1.807) is 11.8 Å². The number of thioether (sulfide) groups is 1. The van der Waals surface area contributed by atoms with Gasteiger partial charge in [-0.2, -0.15) is 13.2 Å². The van der Waals surface area contributed by atoms with Gasteiger partial charge in [0, 0.05) is 16.0 Å². The van der Waals surface area contributed by atoms with Crippen molar-refractivity contribution in [2.75, 3.05) is 4.90 Å². The highest BCUT2D eigenvalue weighted by atomic mass is 32.2. The SMILES string of the molecule is Cc1ccc(COc2ccc([C@H]3c4sc(=O)[nH]c4SC4C5CC(C6C(=O)N(c7ccccc7C(F)(F)F)C(=O)C56)C43)cc2)cc1. The Morgan fingerprint density at radius 1 is 0.911 bits per heavy atom. The molecule has 3 aromatic carbocycles. The van der Waals surface area contributed by atoms with Crippen LogP contribution in [0.4, 0.5) is 18.9 Å². The number of nitrogens with zero attached hydrogens (tertiary/aromatic N) is 1. The van der Waals surface area contributed by atoms with Gasteiger partial charge in [0.1, 0.15) is 12.4 Å². The number of carbonyl (C=O) groups excluding carboxylic acids is 2. The van der Waals surface area contributed by atoms with Crippen molar-refractivity contribution in [2.24, 2.45) is 29.6 Å². The Hall–Kier alpha value is -3.83. The zero-order valence-electron chi connectivity index (χ0n) is 23.9. The van der Waals surface area contributed by atoms with Gasteiger partial charge in [0.15, 0.2) is 0 Å². The highest BCUT2D eigenvalue weighted by Gasteiger charge is 2.70. The minimum Gasteiger partial charge on any atom is -0.489 e. The number of para-hydroxylation sites is 1. The molecule has 4 aromatic rings. The number of carbonyl (C=O) groups is 2. The molecule has 11 heteroatoms. The maximum atomic E-state index is 13.9. The Kier molecular flexibility index (Phi) is 6.58. The Balaban J connectivity index is 1.12. The van der Waals surface area contributed by atoms with E-state index in [1.807, 2.05) is 55.5 Å². The third kappa shape index (κ3) is 4.49. The molecule has 0 spiro atoms. The van der Waals surface area contributed by atoms with Crippen LogP contribution in [0.5, 0.6) is 5.75 Å². The summed E-state index contributed by atoms with van der Waals surface area (Å²) in [7, 11) is 0. The van der Waals surface area contributed by atoms with E-state index < -0.39 is 41.1 Å².